The van der Waals surface area contributed by atoms with Crippen LogP contribution in [0.25, 0.3) is 10.2 Å². The maximum atomic E-state index is 12.5. The highest BCUT2D eigenvalue weighted by atomic mass is 32.1. The Hall–Kier alpha value is -2.30. The fraction of sp³-hybridized carbons (Fsp3) is 0.652. The van der Waals surface area contributed by atoms with Gasteiger partial charge in [-0.2, -0.15) is 0 Å². The lowest BCUT2D eigenvalue weighted by Crippen LogP contribution is -2.44. The molecule has 4 heterocycles. The van der Waals surface area contributed by atoms with Gasteiger partial charge >= 0.3 is 0 Å². The van der Waals surface area contributed by atoms with Gasteiger partial charge in [-0.25, -0.2) is 9.97 Å². The second-order valence-electron chi connectivity index (χ2n) is 9.32. The van der Waals surface area contributed by atoms with Gasteiger partial charge in [0.05, 0.1) is 18.5 Å². The first-order chi connectivity index (χ1) is 16.0. The van der Waals surface area contributed by atoms with Crippen molar-refractivity contribution in [2.75, 3.05) is 26.7 Å². The van der Waals surface area contributed by atoms with Gasteiger partial charge in [0.25, 0.3) is 0 Å². The minimum absolute atomic E-state index is 0.0735. The minimum Gasteiger partial charge on any atom is -0.474 e. The summed E-state index contributed by atoms with van der Waals surface area (Å²) in [4.78, 5) is 39.1. The van der Waals surface area contributed by atoms with Gasteiger partial charge in [-0.05, 0) is 51.1 Å². The number of primary amides is 1. The number of ether oxygens (including phenoxy) is 2. The number of likely N-dealkylation sites (N-methyl/N-ethyl adjacent to an activating group) is 1. The molecule has 2 fully saturated rings. The first kappa shape index (κ1) is 22.5. The molecule has 9 nitrogen and oxygen atoms in total. The number of aromatic nitrogens is 2. The quantitative estimate of drug-likeness (QED) is 0.682. The summed E-state index contributed by atoms with van der Waals surface area (Å²) in [5.41, 5.74) is 6.50. The number of nitrogens with zero attached hydrogens (tertiary/aromatic N) is 4. The SMILES string of the molecule is CN(CC(=O)N1CCCC1)[C@H]1CC[C@H](Oc2ncnc3sc4c(c23)C[C@H](C(N)=O)OC4)CC1. The number of nitrogens with two attached hydrogens (primary N) is 1. The predicted molar refractivity (Wildman–Crippen MR) is 124 cm³/mol. The summed E-state index contributed by atoms with van der Waals surface area (Å²) in [6.45, 7) is 2.66. The number of carbonyl (C=O) groups excluding carboxylic acids is 2. The number of hydrogen-bond acceptors (Lipinski definition) is 8. The van der Waals surface area contributed by atoms with E-state index in [9.17, 15) is 9.59 Å². The lowest BCUT2D eigenvalue weighted by Gasteiger charge is -2.35. The van der Waals surface area contributed by atoms with Crippen LogP contribution in [-0.4, -0.2) is 76.5 Å². The van der Waals surface area contributed by atoms with Gasteiger partial charge in [-0.3, -0.25) is 14.5 Å². The maximum absolute atomic E-state index is 12.5. The van der Waals surface area contributed by atoms with E-state index in [0.29, 0.717) is 31.5 Å². The van der Waals surface area contributed by atoms with Crippen LogP contribution in [-0.2, 0) is 27.4 Å². The summed E-state index contributed by atoms with van der Waals surface area (Å²) in [6.07, 6.45) is 7.46. The molecule has 3 aliphatic rings. The van der Waals surface area contributed by atoms with Crippen LogP contribution in [0.1, 0.15) is 49.0 Å². The maximum Gasteiger partial charge on any atom is 0.246 e. The van der Waals surface area contributed by atoms with Crippen LogP contribution in [0.2, 0.25) is 0 Å². The van der Waals surface area contributed by atoms with Crippen molar-refractivity contribution in [3.8, 4) is 5.88 Å². The summed E-state index contributed by atoms with van der Waals surface area (Å²) >= 11 is 1.56. The molecule has 2 aromatic rings. The monoisotopic (exact) mass is 473 g/mol. The van der Waals surface area contributed by atoms with Gasteiger partial charge in [-0.1, -0.05) is 0 Å². The minimum atomic E-state index is -0.627. The Balaban J connectivity index is 1.22. The second-order valence-corrected chi connectivity index (χ2v) is 10.4. The summed E-state index contributed by atoms with van der Waals surface area (Å²) < 4.78 is 12.0. The van der Waals surface area contributed by atoms with Crippen molar-refractivity contribution < 1.29 is 19.1 Å². The highest BCUT2D eigenvalue weighted by Crippen LogP contribution is 2.39. The summed E-state index contributed by atoms with van der Waals surface area (Å²) in [6, 6.07) is 0.393. The van der Waals surface area contributed by atoms with Crippen molar-refractivity contribution in [3.63, 3.8) is 0 Å². The number of amides is 2. The van der Waals surface area contributed by atoms with E-state index < -0.39 is 12.0 Å². The van der Waals surface area contributed by atoms with Crippen LogP contribution in [0.5, 0.6) is 5.88 Å². The van der Waals surface area contributed by atoms with E-state index in [0.717, 1.165) is 72.3 Å². The average Bonchev–Trinajstić information content (AvgIpc) is 3.47. The van der Waals surface area contributed by atoms with Gasteiger partial charge in [0.1, 0.15) is 23.4 Å². The molecule has 2 N–H and O–H groups in total. The molecular weight excluding hydrogens is 442 g/mol. The molecule has 10 heteroatoms. The zero-order chi connectivity index (χ0) is 22.9. The molecule has 5 rings (SSSR count). The van der Waals surface area contributed by atoms with E-state index in [-0.39, 0.29) is 12.0 Å². The van der Waals surface area contributed by atoms with Crippen molar-refractivity contribution >= 4 is 33.4 Å². The Bertz CT molecular complexity index is 1030. The predicted octanol–water partition coefficient (Wildman–Crippen LogP) is 1.86. The third-order valence-electron chi connectivity index (χ3n) is 7.15. The molecule has 1 saturated heterocycles. The second kappa shape index (κ2) is 9.52. The van der Waals surface area contributed by atoms with E-state index in [2.05, 4.69) is 21.9 Å². The molecular formula is C23H31N5O4S. The topological polar surface area (TPSA) is 111 Å². The highest BCUT2D eigenvalue weighted by molar-refractivity contribution is 7.18. The van der Waals surface area contributed by atoms with Gasteiger partial charge in [0.2, 0.25) is 17.7 Å². The molecule has 0 unspecified atom stereocenters. The lowest BCUT2D eigenvalue weighted by molar-refractivity contribution is -0.132. The molecule has 0 bridgehead atoms. The van der Waals surface area contributed by atoms with E-state index in [1.165, 1.54) is 6.33 Å². The number of thiophene rings is 1. The van der Waals surface area contributed by atoms with Crippen LogP contribution in [0, 0.1) is 0 Å². The lowest BCUT2D eigenvalue weighted by atomic mass is 9.92. The number of rotatable bonds is 6. The Kier molecular flexibility index (Phi) is 6.49. The molecule has 0 spiro atoms. The molecule has 0 radical (unpaired) electrons. The fourth-order valence-corrected chi connectivity index (χ4v) is 6.28. The third kappa shape index (κ3) is 4.69. The van der Waals surface area contributed by atoms with Crippen molar-refractivity contribution in [1.82, 2.24) is 19.8 Å². The molecule has 178 valence electrons. The van der Waals surface area contributed by atoms with Crippen molar-refractivity contribution in [3.05, 3.63) is 16.8 Å². The Morgan fingerprint density at radius 1 is 1.24 bits per heavy atom. The molecule has 0 aromatic carbocycles. The van der Waals surface area contributed by atoms with Crippen LogP contribution in [0.15, 0.2) is 6.33 Å². The number of carbonyl (C=O) groups is 2. The number of fused-ring (bicyclic) bond motifs is 3. The molecule has 2 aromatic heterocycles. The van der Waals surface area contributed by atoms with E-state index >= 15 is 0 Å². The molecule has 1 atom stereocenters. The van der Waals surface area contributed by atoms with E-state index in [4.69, 9.17) is 15.2 Å². The Morgan fingerprint density at radius 2 is 2.00 bits per heavy atom. The van der Waals surface area contributed by atoms with Crippen LogP contribution in [0.4, 0.5) is 0 Å². The normalized spacial score (nSPS) is 25.4. The number of likely N-dealkylation sites (tertiary alicyclic amines) is 1. The summed E-state index contributed by atoms with van der Waals surface area (Å²) in [7, 11) is 2.06. The standard InChI is InChI=1S/C23H31N5O4S/c1-27(11-19(29)28-8-2-3-9-28)14-4-6-15(7-5-14)32-22-20-16-10-17(21(24)30)31-12-18(16)33-23(20)26-13-25-22/h13-15,17H,2-12H2,1H3,(H2,24,30)/t14-,15-,17-/m1/s1. The van der Waals surface area contributed by atoms with Gasteiger partial charge in [-0.15, -0.1) is 11.3 Å². The van der Waals surface area contributed by atoms with Gasteiger partial charge in [0.15, 0.2) is 0 Å². The zero-order valence-electron chi connectivity index (χ0n) is 19.0. The zero-order valence-corrected chi connectivity index (χ0v) is 19.8. The summed E-state index contributed by atoms with van der Waals surface area (Å²) in [5, 5.41) is 0.891. The largest absolute Gasteiger partial charge is 0.474 e. The highest BCUT2D eigenvalue weighted by Gasteiger charge is 2.31. The van der Waals surface area contributed by atoms with Gasteiger partial charge in [0, 0.05) is 30.4 Å². The van der Waals surface area contributed by atoms with E-state index in [1.807, 2.05) is 4.90 Å². The van der Waals surface area contributed by atoms with E-state index in [1.54, 1.807) is 11.3 Å². The van der Waals surface area contributed by atoms with Crippen molar-refractivity contribution in [2.24, 2.45) is 5.73 Å². The molecule has 2 aliphatic heterocycles. The molecule has 1 aliphatic carbocycles. The molecule has 1 saturated carbocycles. The number of hydrogen-bond donors (Lipinski definition) is 1. The molecule has 33 heavy (non-hydrogen) atoms. The molecule has 2 amide bonds. The first-order valence-corrected chi connectivity index (χ1v) is 12.6. The first-order valence-electron chi connectivity index (χ1n) is 11.8. The van der Waals surface area contributed by atoms with Crippen molar-refractivity contribution in [1.29, 1.82) is 0 Å². The Morgan fingerprint density at radius 3 is 2.73 bits per heavy atom. The average molecular weight is 474 g/mol. The Labute approximate surface area is 197 Å². The summed E-state index contributed by atoms with van der Waals surface area (Å²) in [5.74, 6) is 0.380. The van der Waals surface area contributed by atoms with Crippen LogP contribution in [0.3, 0.4) is 0 Å². The smallest absolute Gasteiger partial charge is 0.246 e. The van der Waals surface area contributed by atoms with Crippen LogP contribution >= 0.6 is 11.3 Å². The van der Waals surface area contributed by atoms with Gasteiger partial charge < -0.3 is 20.1 Å². The fourth-order valence-electron chi connectivity index (χ4n) is 5.20. The third-order valence-corrected chi connectivity index (χ3v) is 8.26. The van der Waals surface area contributed by atoms with Crippen LogP contribution < -0.4 is 10.5 Å². The van der Waals surface area contributed by atoms with Crippen molar-refractivity contribution in [2.45, 2.75) is 69.8 Å².